The second-order valence-electron chi connectivity index (χ2n) is 5.09. The molecule has 0 radical (unpaired) electrons. The molecule has 1 atom stereocenters. The van der Waals surface area contributed by atoms with Crippen molar-refractivity contribution in [3.05, 3.63) is 11.1 Å². The van der Waals surface area contributed by atoms with Crippen molar-refractivity contribution in [1.29, 1.82) is 0 Å². The van der Waals surface area contributed by atoms with E-state index in [1.807, 2.05) is 19.4 Å². The van der Waals surface area contributed by atoms with Crippen LogP contribution in [0.15, 0.2) is 5.38 Å². The van der Waals surface area contributed by atoms with Gasteiger partial charge in [-0.2, -0.15) is 0 Å². The van der Waals surface area contributed by atoms with Crippen LogP contribution < -0.4 is 10.6 Å². The average Bonchev–Trinajstić information content (AvgIpc) is 2.64. The Hall–Kier alpha value is -0.980. The van der Waals surface area contributed by atoms with Crippen molar-refractivity contribution in [1.82, 2.24) is 15.2 Å². The van der Waals surface area contributed by atoms with Crippen LogP contribution in [0.2, 0.25) is 0 Å². The summed E-state index contributed by atoms with van der Waals surface area (Å²) in [6.07, 6.45) is 3.45. The first-order valence-corrected chi connectivity index (χ1v) is 7.66. The zero-order valence-corrected chi connectivity index (χ0v) is 12.4. The fourth-order valence-electron chi connectivity index (χ4n) is 2.37. The van der Waals surface area contributed by atoms with Gasteiger partial charge in [-0.3, -0.25) is 9.69 Å². The van der Waals surface area contributed by atoms with E-state index in [-0.39, 0.29) is 5.91 Å². The lowest BCUT2D eigenvalue weighted by molar-refractivity contribution is -0.117. The predicted molar refractivity (Wildman–Crippen MR) is 78.6 cm³/mol. The van der Waals surface area contributed by atoms with Gasteiger partial charge in [-0.15, -0.1) is 11.3 Å². The average molecular weight is 282 g/mol. The van der Waals surface area contributed by atoms with Crippen LogP contribution in [0.25, 0.3) is 0 Å². The van der Waals surface area contributed by atoms with Crippen molar-refractivity contribution < 1.29 is 4.79 Å². The topological polar surface area (TPSA) is 57.3 Å². The molecule has 0 aromatic carbocycles. The third-order valence-corrected chi connectivity index (χ3v) is 4.30. The molecule has 1 aromatic heterocycles. The Morgan fingerprint density at radius 1 is 1.58 bits per heavy atom. The number of amides is 1. The Bertz CT molecular complexity index is 413. The molecule has 0 saturated carbocycles. The summed E-state index contributed by atoms with van der Waals surface area (Å²) in [5.74, 6) is 0.0223. The first-order valence-electron chi connectivity index (χ1n) is 6.78. The van der Waals surface area contributed by atoms with Crippen LogP contribution in [0.4, 0.5) is 5.13 Å². The van der Waals surface area contributed by atoms with E-state index < -0.39 is 0 Å². The van der Waals surface area contributed by atoms with Crippen LogP contribution in [0.5, 0.6) is 0 Å². The first-order chi connectivity index (χ1) is 9.15. The van der Waals surface area contributed by atoms with Crippen molar-refractivity contribution in [2.75, 3.05) is 32.0 Å². The minimum Gasteiger partial charge on any atom is -0.317 e. The lowest BCUT2D eigenvalue weighted by Crippen LogP contribution is -2.38. The van der Waals surface area contributed by atoms with E-state index in [1.165, 1.54) is 17.8 Å². The number of aromatic nitrogens is 1. The van der Waals surface area contributed by atoms with Crippen molar-refractivity contribution in [3.63, 3.8) is 0 Å². The van der Waals surface area contributed by atoms with Crippen LogP contribution in [0, 0.1) is 6.92 Å². The second kappa shape index (κ2) is 6.98. The molecule has 2 rings (SSSR count). The molecule has 0 spiro atoms. The normalized spacial score (nSPS) is 20.3. The summed E-state index contributed by atoms with van der Waals surface area (Å²) in [5.41, 5.74) is 0.948. The number of aryl methyl sites for hydroxylation is 1. The molecule has 0 aliphatic carbocycles. The number of hydrogen-bond acceptors (Lipinski definition) is 5. The van der Waals surface area contributed by atoms with E-state index >= 15 is 0 Å². The molecule has 2 heterocycles. The third-order valence-electron chi connectivity index (χ3n) is 3.43. The van der Waals surface area contributed by atoms with E-state index in [9.17, 15) is 4.79 Å². The Morgan fingerprint density at radius 3 is 3.16 bits per heavy atom. The van der Waals surface area contributed by atoms with Gasteiger partial charge in [-0.05, 0) is 46.3 Å². The molecule has 106 valence electrons. The first kappa shape index (κ1) is 14.4. The van der Waals surface area contributed by atoms with Crippen LogP contribution in [-0.4, -0.2) is 48.5 Å². The number of carbonyl (C=O) groups is 1. The summed E-state index contributed by atoms with van der Waals surface area (Å²) in [7, 11) is 2.03. The Labute approximate surface area is 118 Å². The summed E-state index contributed by atoms with van der Waals surface area (Å²) in [4.78, 5) is 18.4. The van der Waals surface area contributed by atoms with Crippen molar-refractivity contribution in [2.24, 2.45) is 0 Å². The fourth-order valence-corrected chi connectivity index (χ4v) is 3.07. The van der Waals surface area contributed by atoms with Crippen molar-refractivity contribution >= 4 is 22.4 Å². The molecule has 1 aromatic rings. The zero-order chi connectivity index (χ0) is 13.7. The summed E-state index contributed by atoms with van der Waals surface area (Å²) in [6.45, 7) is 4.50. The molecule has 2 N–H and O–H groups in total. The molecule has 1 aliphatic heterocycles. The summed E-state index contributed by atoms with van der Waals surface area (Å²) in [6, 6.07) is 0.499. The van der Waals surface area contributed by atoms with Gasteiger partial charge in [0.2, 0.25) is 5.91 Å². The standard InChI is InChI=1S/C13H22N4OS/c1-10-9-19-13(15-10)16-12(18)8-17(2)11-4-3-6-14-7-5-11/h9,11,14H,3-8H2,1-2H3,(H,15,16,18). The molecule has 0 bridgehead atoms. The fraction of sp³-hybridized carbons (Fsp3) is 0.692. The maximum Gasteiger partial charge on any atom is 0.240 e. The lowest BCUT2D eigenvalue weighted by Gasteiger charge is -2.25. The highest BCUT2D eigenvalue weighted by Crippen LogP contribution is 2.15. The van der Waals surface area contributed by atoms with Gasteiger partial charge in [-0.1, -0.05) is 0 Å². The Kier molecular flexibility index (Phi) is 5.30. The summed E-state index contributed by atoms with van der Waals surface area (Å²) in [5, 5.41) is 8.89. The monoisotopic (exact) mass is 282 g/mol. The molecule has 1 unspecified atom stereocenters. The van der Waals surface area contributed by atoms with Gasteiger partial charge in [0.1, 0.15) is 0 Å². The highest BCUT2D eigenvalue weighted by atomic mass is 32.1. The quantitative estimate of drug-likeness (QED) is 0.878. The Balaban J connectivity index is 1.80. The van der Waals surface area contributed by atoms with Crippen LogP contribution in [0.3, 0.4) is 0 Å². The van der Waals surface area contributed by atoms with E-state index in [1.54, 1.807) is 0 Å². The van der Waals surface area contributed by atoms with Crippen molar-refractivity contribution in [3.8, 4) is 0 Å². The summed E-state index contributed by atoms with van der Waals surface area (Å²) < 4.78 is 0. The smallest absolute Gasteiger partial charge is 0.240 e. The number of rotatable bonds is 4. The molecule has 19 heavy (non-hydrogen) atoms. The molecule has 5 nitrogen and oxygen atoms in total. The van der Waals surface area contributed by atoms with Gasteiger partial charge in [0, 0.05) is 11.4 Å². The number of thiazole rings is 1. The van der Waals surface area contributed by atoms with E-state index in [0.29, 0.717) is 17.7 Å². The molecule has 1 fully saturated rings. The van der Waals surface area contributed by atoms with E-state index in [4.69, 9.17) is 0 Å². The van der Waals surface area contributed by atoms with Gasteiger partial charge in [0.15, 0.2) is 5.13 Å². The summed E-state index contributed by atoms with van der Waals surface area (Å²) >= 11 is 1.47. The van der Waals surface area contributed by atoms with Crippen LogP contribution in [0.1, 0.15) is 25.0 Å². The van der Waals surface area contributed by atoms with Gasteiger partial charge in [0.25, 0.3) is 0 Å². The van der Waals surface area contributed by atoms with E-state index in [2.05, 4.69) is 20.5 Å². The van der Waals surface area contributed by atoms with Gasteiger partial charge < -0.3 is 10.6 Å². The highest BCUT2D eigenvalue weighted by Gasteiger charge is 2.19. The molecular weight excluding hydrogens is 260 g/mol. The number of carbonyl (C=O) groups excluding carboxylic acids is 1. The SMILES string of the molecule is Cc1csc(NC(=O)CN(C)C2CCCNCC2)n1. The molecule has 1 saturated heterocycles. The predicted octanol–water partition coefficient (Wildman–Crippen LogP) is 1.46. The molecular formula is C13H22N4OS. The maximum absolute atomic E-state index is 12.0. The number of likely N-dealkylation sites (N-methyl/N-ethyl adjacent to an activating group) is 1. The number of nitrogens with zero attached hydrogens (tertiary/aromatic N) is 2. The minimum atomic E-state index is 0.0223. The second-order valence-corrected chi connectivity index (χ2v) is 5.95. The third kappa shape index (κ3) is 4.56. The van der Waals surface area contributed by atoms with Crippen LogP contribution >= 0.6 is 11.3 Å². The molecule has 1 amide bonds. The van der Waals surface area contributed by atoms with Gasteiger partial charge >= 0.3 is 0 Å². The van der Waals surface area contributed by atoms with Crippen LogP contribution in [-0.2, 0) is 4.79 Å². The minimum absolute atomic E-state index is 0.0223. The van der Waals surface area contributed by atoms with Gasteiger partial charge in [-0.25, -0.2) is 4.98 Å². The number of nitrogens with one attached hydrogen (secondary N) is 2. The zero-order valence-electron chi connectivity index (χ0n) is 11.6. The van der Waals surface area contributed by atoms with E-state index in [0.717, 1.165) is 31.6 Å². The van der Waals surface area contributed by atoms with Crippen molar-refractivity contribution in [2.45, 2.75) is 32.2 Å². The molecule has 1 aliphatic rings. The number of anilines is 1. The van der Waals surface area contributed by atoms with Gasteiger partial charge in [0.05, 0.1) is 12.2 Å². The molecule has 6 heteroatoms. The number of hydrogen-bond donors (Lipinski definition) is 2. The maximum atomic E-state index is 12.0. The lowest BCUT2D eigenvalue weighted by atomic mass is 10.1. The highest BCUT2D eigenvalue weighted by molar-refractivity contribution is 7.13. The largest absolute Gasteiger partial charge is 0.317 e. The Morgan fingerprint density at radius 2 is 2.42 bits per heavy atom.